The van der Waals surface area contributed by atoms with Crippen LogP contribution in [0.5, 0.6) is 0 Å². The molecule has 0 aromatic heterocycles. The van der Waals surface area contributed by atoms with E-state index in [0.717, 1.165) is 18.7 Å². The van der Waals surface area contributed by atoms with Gasteiger partial charge in [-0.3, -0.25) is 4.67 Å². The van der Waals surface area contributed by atoms with Gasteiger partial charge in [-0.05, 0) is 29.9 Å². The molecule has 1 heterocycles. The van der Waals surface area contributed by atoms with Crippen molar-refractivity contribution >= 4 is 9.39 Å². The van der Waals surface area contributed by atoms with Crippen molar-refractivity contribution in [2.75, 3.05) is 13.1 Å². The maximum atomic E-state index is 9.29. The van der Waals surface area contributed by atoms with Crippen molar-refractivity contribution in [2.45, 2.75) is 39.2 Å². The van der Waals surface area contributed by atoms with Crippen LogP contribution in [-0.2, 0) is 6.61 Å². The molecule has 1 unspecified atom stereocenters. The molecule has 1 aliphatic heterocycles. The van der Waals surface area contributed by atoms with E-state index in [1.54, 1.807) is 0 Å². The summed E-state index contributed by atoms with van der Waals surface area (Å²) in [4.78, 5) is 0. The maximum absolute atomic E-state index is 9.29. The van der Waals surface area contributed by atoms with Crippen LogP contribution in [-0.4, -0.2) is 22.9 Å². The van der Waals surface area contributed by atoms with Crippen LogP contribution in [0.4, 0.5) is 0 Å². The Morgan fingerprint density at radius 2 is 1.82 bits per heavy atom. The number of rotatable bonds is 2. The second-order valence-electron chi connectivity index (χ2n) is 4.17. The van der Waals surface area contributed by atoms with Gasteiger partial charge < -0.3 is 5.11 Å². The molecule has 0 spiro atoms. The van der Waals surface area contributed by atoms with Gasteiger partial charge >= 0.3 is 0 Å². The van der Waals surface area contributed by atoms with Gasteiger partial charge in [-0.15, -0.1) is 0 Å². The van der Waals surface area contributed by atoms with Crippen LogP contribution in [0.2, 0.25) is 0 Å². The first kappa shape index (κ1) is 14.6. The zero-order valence-corrected chi connectivity index (χ0v) is 12.0. The third-order valence-electron chi connectivity index (χ3n) is 3.19. The molecule has 0 radical (unpaired) electrons. The summed E-state index contributed by atoms with van der Waals surface area (Å²) < 4.78 is 2.29. The molecular weight excluding hydrogens is 229 g/mol. The molecule has 0 aliphatic carbocycles. The summed E-state index contributed by atoms with van der Waals surface area (Å²) in [6, 6.07) is 8.26. The summed E-state index contributed by atoms with van der Waals surface area (Å²) in [5.74, 6) is 0.630. The molecule has 96 valence electrons. The molecule has 1 aliphatic rings. The quantitative estimate of drug-likeness (QED) is 0.818. The van der Waals surface area contributed by atoms with Crippen LogP contribution >= 0.6 is 9.39 Å². The average Bonchev–Trinajstić information content (AvgIpc) is 2.42. The second kappa shape index (κ2) is 7.81. The molecule has 0 saturated carbocycles. The lowest BCUT2D eigenvalue weighted by Crippen LogP contribution is -2.25. The van der Waals surface area contributed by atoms with E-state index in [-0.39, 0.29) is 6.61 Å². The fraction of sp³-hybridized carbons (Fsp3) is 0.571. The Labute approximate surface area is 107 Å². The lowest BCUT2D eigenvalue weighted by atomic mass is 9.87. The molecule has 1 N–H and O–H groups in total. The van der Waals surface area contributed by atoms with Crippen LogP contribution in [0.15, 0.2) is 24.3 Å². The van der Waals surface area contributed by atoms with E-state index in [4.69, 9.17) is 0 Å². The highest BCUT2D eigenvalue weighted by Gasteiger charge is 2.19. The van der Waals surface area contributed by atoms with Gasteiger partial charge in [0.25, 0.3) is 0 Å². The number of piperidine rings is 1. The molecule has 2 rings (SSSR count). The van der Waals surface area contributed by atoms with E-state index < -0.39 is 0 Å². The van der Waals surface area contributed by atoms with Gasteiger partial charge in [0.1, 0.15) is 0 Å². The summed E-state index contributed by atoms with van der Waals surface area (Å²) in [7, 11) is 2.77. The number of hydrogen-bond acceptors (Lipinski definition) is 2. The molecule has 1 atom stereocenters. The Bertz CT molecular complexity index is 322. The highest BCUT2D eigenvalue weighted by molar-refractivity contribution is 7.13. The number of aliphatic hydroxyl groups excluding tert-OH is 1. The Morgan fingerprint density at radius 1 is 1.24 bits per heavy atom. The van der Waals surface area contributed by atoms with E-state index in [1.807, 2.05) is 26.0 Å². The summed E-state index contributed by atoms with van der Waals surface area (Å²) >= 11 is 0. The van der Waals surface area contributed by atoms with Gasteiger partial charge in [0.15, 0.2) is 0 Å². The van der Waals surface area contributed by atoms with Crippen LogP contribution in [0.25, 0.3) is 0 Å². The van der Waals surface area contributed by atoms with Crippen molar-refractivity contribution in [3.05, 3.63) is 35.4 Å². The second-order valence-corrected chi connectivity index (χ2v) is 4.90. The van der Waals surface area contributed by atoms with E-state index >= 15 is 0 Å². The Hall–Kier alpha value is -0.430. The molecule has 1 fully saturated rings. The topological polar surface area (TPSA) is 23.5 Å². The van der Waals surface area contributed by atoms with Gasteiger partial charge in [-0.25, -0.2) is 0 Å². The molecule has 2 nitrogen and oxygen atoms in total. The highest BCUT2D eigenvalue weighted by Crippen LogP contribution is 2.31. The SMILES string of the molecule is CC.OCc1ccccc1C1CCN(P)CC1. The smallest absolute Gasteiger partial charge is 0.0684 e. The van der Waals surface area contributed by atoms with Gasteiger partial charge in [0.2, 0.25) is 0 Å². The van der Waals surface area contributed by atoms with Crippen molar-refractivity contribution in [2.24, 2.45) is 0 Å². The van der Waals surface area contributed by atoms with Gasteiger partial charge in [0, 0.05) is 13.1 Å². The number of nitrogens with zero attached hydrogens (tertiary/aromatic N) is 1. The van der Waals surface area contributed by atoms with Crippen LogP contribution in [0.3, 0.4) is 0 Å². The van der Waals surface area contributed by atoms with E-state index in [2.05, 4.69) is 26.2 Å². The zero-order chi connectivity index (χ0) is 12.7. The van der Waals surface area contributed by atoms with Crippen molar-refractivity contribution in [3.8, 4) is 0 Å². The summed E-state index contributed by atoms with van der Waals surface area (Å²) in [6.45, 7) is 6.43. The minimum absolute atomic E-state index is 0.164. The van der Waals surface area contributed by atoms with E-state index in [0.29, 0.717) is 5.92 Å². The van der Waals surface area contributed by atoms with Crippen molar-refractivity contribution < 1.29 is 5.11 Å². The number of benzene rings is 1. The first-order chi connectivity index (χ1) is 8.31. The predicted octanol–water partition coefficient (Wildman–Crippen LogP) is 3.17. The van der Waals surface area contributed by atoms with Crippen molar-refractivity contribution in [1.29, 1.82) is 0 Å². The van der Waals surface area contributed by atoms with Gasteiger partial charge in [0.05, 0.1) is 6.61 Å². The average molecular weight is 253 g/mol. The Morgan fingerprint density at radius 3 is 2.41 bits per heavy atom. The summed E-state index contributed by atoms with van der Waals surface area (Å²) in [6.07, 6.45) is 2.39. The molecule has 3 heteroatoms. The molecular formula is C14H24NOP. The highest BCUT2D eigenvalue weighted by atomic mass is 31.0. The lowest BCUT2D eigenvalue weighted by Gasteiger charge is -2.29. The third-order valence-corrected chi connectivity index (χ3v) is 3.71. The van der Waals surface area contributed by atoms with E-state index in [9.17, 15) is 5.11 Å². The molecule has 17 heavy (non-hydrogen) atoms. The zero-order valence-electron chi connectivity index (χ0n) is 10.9. The molecule has 1 saturated heterocycles. The predicted molar refractivity (Wildman–Crippen MR) is 77.0 cm³/mol. The fourth-order valence-corrected chi connectivity index (χ4v) is 2.59. The lowest BCUT2D eigenvalue weighted by molar-refractivity contribution is 0.276. The van der Waals surface area contributed by atoms with Crippen LogP contribution in [0, 0.1) is 0 Å². The molecule has 0 bridgehead atoms. The van der Waals surface area contributed by atoms with Gasteiger partial charge in [-0.2, -0.15) is 0 Å². The van der Waals surface area contributed by atoms with Crippen LogP contribution in [0.1, 0.15) is 43.7 Å². The van der Waals surface area contributed by atoms with Gasteiger partial charge in [-0.1, -0.05) is 47.5 Å². The fourth-order valence-electron chi connectivity index (χ4n) is 2.29. The first-order valence-corrected chi connectivity index (χ1v) is 7.01. The molecule has 1 aromatic rings. The number of aliphatic hydroxyl groups is 1. The maximum Gasteiger partial charge on any atom is 0.0684 e. The largest absolute Gasteiger partial charge is 0.392 e. The first-order valence-electron chi connectivity index (χ1n) is 6.49. The monoisotopic (exact) mass is 253 g/mol. The summed E-state index contributed by atoms with van der Waals surface area (Å²) in [5.41, 5.74) is 2.44. The van der Waals surface area contributed by atoms with Crippen molar-refractivity contribution in [3.63, 3.8) is 0 Å². The van der Waals surface area contributed by atoms with Crippen molar-refractivity contribution in [1.82, 2.24) is 4.67 Å². The third kappa shape index (κ3) is 4.06. The summed E-state index contributed by atoms with van der Waals surface area (Å²) in [5, 5.41) is 9.29. The number of hydrogen-bond donors (Lipinski definition) is 1. The Kier molecular flexibility index (Phi) is 6.72. The molecule has 0 amide bonds. The minimum Gasteiger partial charge on any atom is -0.392 e. The standard InChI is InChI=1S/C12H18NOP.C2H6/c14-9-11-3-1-2-4-12(11)10-5-7-13(15)8-6-10;1-2/h1-4,10,14H,5-9,15H2;1-2H3. The van der Waals surface area contributed by atoms with E-state index in [1.165, 1.54) is 18.4 Å². The minimum atomic E-state index is 0.164. The normalized spacial score (nSPS) is 17.4. The Balaban J connectivity index is 0.000000686. The molecule has 1 aromatic carbocycles. The van der Waals surface area contributed by atoms with Crippen LogP contribution < -0.4 is 0 Å².